The zero-order valence-corrected chi connectivity index (χ0v) is 15.6. The average Bonchev–Trinajstić information content (AvgIpc) is 2.65. The predicted molar refractivity (Wildman–Crippen MR) is 93.6 cm³/mol. The van der Waals surface area contributed by atoms with Crippen molar-refractivity contribution in [3.63, 3.8) is 0 Å². The molecule has 0 spiro atoms. The second kappa shape index (κ2) is 6.61. The molecule has 1 saturated heterocycles. The van der Waals surface area contributed by atoms with Crippen LogP contribution in [0.3, 0.4) is 0 Å². The maximum absolute atomic E-state index is 11.7. The van der Waals surface area contributed by atoms with Gasteiger partial charge in [-0.1, -0.05) is 6.42 Å². The largest absolute Gasteiger partial charge is 0.496 e. The van der Waals surface area contributed by atoms with Crippen LogP contribution in [0, 0.1) is 12.8 Å². The number of nitrogens with zero attached hydrogens (tertiary/aromatic N) is 1. The van der Waals surface area contributed by atoms with Crippen LogP contribution in [0.25, 0.3) is 0 Å². The fourth-order valence-corrected chi connectivity index (χ4v) is 2.75. The number of hydrogen-bond acceptors (Lipinski definition) is 6. The number of aromatic nitrogens is 1. The molecule has 0 amide bonds. The number of carbonyl (C=O) groups is 1. The third kappa shape index (κ3) is 3.67. The molecule has 0 aromatic carbocycles. The minimum absolute atomic E-state index is 0.0454. The van der Waals surface area contributed by atoms with E-state index in [0.717, 1.165) is 30.3 Å². The molecule has 0 bridgehead atoms. The molecule has 0 atom stereocenters. The Morgan fingerprint density at radius 2 is 1.92 bits per heavy atom. The minimum Gasteiger partial charge on any atom is -0.440 e. The zero-order chi connectivity index (χ0) is 18.2. The molecular formula is C18H26BNO5. The van der Waals surface area contributed by atoms with Gasteiger partial charge in [-0.2, -0.15) is 0 Å². The second-order valence-corrected chi connectivity index (χ2v) is 7.82. The average molecular weight is 347 g/mol. The van der Waals surface area contributed by atoms with Crippen molar-refractivity contribution >= 4 is 18.6 Å². The van der Waals surface area contributed by atoms with Crippen LogP contribution in [0.4, 0.5) is 0 Å². The Morgan fingerprint density at radius 3 is 2.44 bits per heavy atom. The van der Waals surface area contributed by atoms with E-state index in [1.54, 1.807) is 12.3 Å². The van der Waals surface area contributed by atoms with Crippen LogP contribution in [0.5, 0.6) is 5.88 Å². The highest BCUT2D eigenvalue weighted by Gasteiger charge is 2.52. The first-order chi connectivity index (χ1) is 11.7. The van der Waals surface area contributed by atoms with E-state index in [-0.39, 0.29) is 18.7 Å². The van der Waals surface area contributed by atoms with E-state index in [9.17, 15) is 4.79 Å². The second-order valence-electron chi connectivity index (χ2n) is 7.82. The summed E-state index contributed by atoms with van der Waals surface area (Å²) in [5.74, 6) is 0.278. The first kappa shape index (κ1) is 18.2. The Kier molecular flexibility index (Phi) is 4.81. The van der Waals surface area contributed by atoms with Gasteiger partial charge in [0.1, 0.15) is 0 Å². The van der Waals surface area contributed by atoms with Gasteiger partial charge in [0.15, 0.2) is 0 Å². The summed E-state index contributed by atoms with van der Waals surface area (Å²) in [6, 6.07) is 1.80. The summed E-state index contributed by atoms with van der Waals surface area (Å²) in [6.45, 7) is 9.91. The molecule has 0 N–H and O–H groups in total. The summed E-state index contributed by atoms with van der Waals surface area (Å²) in [4.78, 5) is 16.0. The van der Waals surface area contributed by atoms with Gasteiger partial charge >= 0.3 is 13.1 Å². The summed E-state index contributed by atoms with van der Waals surface area (Å²) in [7, 11) is -0.456. The van der Waals surface area contributed by atoms with E-state index < -0.39 is 18.3 Å². The lowest BCUT2D eigenvalue weighted by molar-refractivity contribution is -0.158. The lowest BCUT2D eigenvalue weighted by Crippen LogP contribution is -2.41. The molecule has 1 aliphatic heterocycles. The summed E-state index contributed by atoms with van der Waals surface area (Å²) >= 11 is 0. The third-order valence-electron chi connectivity index (χ3n) is 5.48. The van der Waals surface area contributed by atoms with Crippen LogP contribution < -0.4 is 10.2 Å². The number of pyridine rings is 1. The number of hydrogen-bond donors (Lipinski definition) is 0. The molecule has 0 radical (unpaired) electrons. The number of esters is 1. The monoisotopic (exact) mass is 347 g/mol. The zero-order valence-electron chi connectivity index (χ0n) is 15.6. The lowest BCUT2D eigenvalue weighted by atomic mass is 9.77. The van der Waals surface area contributed by atoms with Crippen molar-refractivity contribution in [2.45, 2.75) is 65.1 Å². The van der Waals surface area contributed by atoms with Crippen molar-refractivity contribution < 1.29 is 23.6 Å². The minimum atomic E-state index is -0.456. The van der Waals surface area contributed by atoms with Gasteiger partial charge in [-0.3, -0.25) is 4.79 Å². The summed E-state index contributed by atoms with van der Waals surface area (Å²) < 4.78 is 22.7. The Hall–Kier alpha value is -1.60. The van der Waals surface area contributed by atoms with Crippen molar-refractivity contribution in [3.8, 4) is 5.88 Å². The first-order valence-electron chi connectivity index (χ1n) is 8.81. The van der Waals surface area contributed by atoms with Gasteiger partial charge in [0.05, 0.1) is 17.1 Å². The van der Waals surface area contributed by atoms with Gasteiger partial charge in [0.2, 0.25) is 12.7 Å². The quantitative estimate of drug-likeness (QED) is 0.463. The van der Waals surface area contributed by atoms with E-state index in [2.05, 4.69) is 4.98 Å². The van der Waals surface area contributed by atoms with Gasteiger partial charge in [-0.15, -0.1) is 0 Å². The van der Waals surface area contributed by atoms with Gasteiger partial charge in [-0.05, 0) is 53.0 Å². The topological polar surface area (TPSA) is 66.9 Å². The van der Waals surface area contributed by atoms with Crippen molar-refractivity contribution in [1.29, 1.82) is 0 Å². The van der Waals surface area contributed by atoms with E-state index in [0.29, 0.717) is 5.88 Å². The highest BCUT2D eigenvalue weighted by atomic mass is 16.7. The molecular weight excluding hydrogens is 321 g/mol. The van der Waals surface area contributed by atoms with Crippen molar-refractivity contribution in [3.05, 3.63) is 17.8 Å². The third-order valence-corrected chi connectivity index (χ3v) is 5.48. The van der Waals surface area contributed by atoms with E-state index in [1.807, 2.05) is 34.6 Å². The molecule has 1 aromatic heterocycles. The van der Waals surface area contributed by atoms with Crippen LogP contribution in [-0.4, -0.2) is 36.1 Å². The first-order valence-corrected chi connectivity index (χ1v) is 8.81. The molecule has 2 fully saturated rings. The smallest absolute Gasteiger partial charge is 0.440 e. The summed E-state index contributed by atoms with van der Waals surface area (Å²) in [6.07, 6.45) is 4.63. The highest BCUT2D eigenvalue weighted by molar-refractivity contribution is 6.62. The molecule has 2 aliphatic rings. The van der Waals surface area contributed by atoms with Crippen LogP contribution >= 0.6 is 0 Å². The molecule has 2 heterocycles. The number of aryl methyl sites for hydroxylation is 1. The van der Waals surface area contributed by atoms with Crippen molar-refractivity contribution in [1.82, 2.24) is 4.98 Å². The Morgan fingerprint density at radius 1 is 1.28 bits per heavy atom. The molecule has 1 saturated carbocycles. The normalized spacial score (nSPS) is 21.7. The van der Waals surface area contributed by atoms with Gasteiger partial charge in [0.25, 0.3) is 0 Å². The number of carbonyl (C=O) groups excluding carboxylic acids is 1. The summed E-state index contributed by atoms with van der Waals surface area (Å²) in [5, 5.41) is 0. The van der Waals surface area contributed by atoms with Crippen LogP contribution in [0.2, 0.25) is 0 Å². The van der Waals surface area contributed by atoms with Crippen LogP contribution in [-0.2, 0) is 18.8 Å². The van der Waals surface area contributed by atoms with E-state index >= 15 is 0 Å². The van der Waals surface area contributed by atoms with Gasteiger partial charge in [-0.25, -0.2) is 4.98 Å². The molecule has 7 heteroatoms. The van der Waals surface area contributed by atoms with Gasteiger partial charge in [0, 0.05) is 17.7 Å². The highest BCUT2D eigenvalue weighted by Crippen LogP contribution is 2.36. The van der Waals surface area contributed by atoms with E-state index in [1.165, 1.54) is 0 Å². The van der Waals surface area contributed by atoms with Crippen LogP contribution in [0.1, 0.15) is 52.5 Å². The van der Waals surface area contributed by atoms with Crippen molar-refractivity contribution in [2.75, 3.05) is 6.79 Å². The fraction of sp³-hybridized carbons (Fsp3) is 0.667. The van der Waals surface area contributed by atoms with Gasteiger partial charge < -0.3 is 18.8 Å². The number of rotatable bonds is 5. The standard InChI is InChI=1S/C18H26BNO5/c1-12-9-15(22-11-23-16(21)13-7-6-8-13)20-10-14(12)19-24-17(2,3)18(4,5)25-19/h9-10,13H,6-8,11H2,1-5H3. The molecule has 25 heavy (non-hydrogen) atoms. The molecule has 136 valence electrons. The molecule has 0 unspecified atom stereocenters. The Labute approximate surface area is 149 Å². The lowest BCUT2D eigenvalue weighted by Gasteiger charge is -2.32. The Balaban J connectivity index is 1.58. The van der Waals surface area contributed by atoms with Crippen LogP contribution in [0.15, 0.2) is 12.3 Å². The maximum Gasteiger partial charge on any atom is 0.496 e. The molecule has 3 rings (SSSR count). The number of ether oxygens (including phenoxy) is 2. The summed E-state index contributed by atoms with van der Waals surface area (Å²) in [5.41, 5.74) is 1.04. The maximum atomic E-state index is 11.7. The fourth-order valence-electron chi connectivity index (χ4n) is 2.75. The van der Waals surface area contributed by atoms with E-state index in [4.69, 9.17) is 18.8 Å². The molecule has 1 aliphatic carbocycles. The Bertz CT molecular complexity index is 641. The SMILES string of the molecule is Cc1cc(OCOC(=O)C2CCC2)ncc1B1OC(C)(C)C(C)(C)O1. The van der Waals surface area contributed by atoms with Crippen molar-refractivity contribution in [2.24, 2.45) is 5.92 Å². The predicted octanol–water partition coefficient (Wildman–Crippen LogP) is 2.37. The molecule has 6 nitrogen and oxygen atoms in total. The molecule has 1 aromatic rings.